The van der Waals surface area contributed by atoms with E-state index in [0.29, 0.717) is 49.8 Å². The van der Waals surface area contributed by atoms with E-state index in [9.17, 15) is 18.0 Å². The van der Waals surface area contributed by atoms with Crippen LogP contribution in [0.25, 0.3) is 0 Å². The molecule has 28 heavy (non-hydrogen) atoms. The Morgan fingerprint density at radius 3 is 2.21 bits per heavy atom. The number of piperazine rings is 1. The van der Waals surface area contributed by atoms with E-state index in [1.54, 1.807) is 15.8 Å². The van der Waals surface area contributed by atoms with Crippen molar-refractivity contribution in [2.45, 2.75) is 25.7 Å². The van der Waals surface area contributed by atoms with Crippen molar-refractivity contribution in [3.63, 3.8) is 0 Å². The molecular weight excluding hydrogens is 402 g/mol. The van der Waals surface area contributed by atoms with Crippen molar-refractivity contribution in [1.82, 2.24) is 13.5 Å². The van der Waals surface area contributed by atoms with Crippen molar-refractivity contribution in [3.8, 4) is 0 Å². The lowest BCUT2D eigenvalue weighted by atomic mass is 10.2. The molecule has 0 atom stereocenters. The van der Waals surface area contributed by atoms with Gasteiger partial charge in [-0.2, -0.15) is 17.0 Å². The molecule has 11 heteroatoms. The molecule has 1 aromatic rings. The molecule has 0 saturated carbocycles. The lowest BCUT2D eigenvalue weighted by Crippen LogP contribution is -2.54. The number of nitrogens with two attached hydrogens (primary N) is 1. The zero-order valence-corrected chi connectivity index (χ0v) is 17.4. The van der Waals surface area contributed by atoms with Crippen LogP contribution in [0.5, 0.6) is 0 Å². The molecule has 2 saturated heterocycles. The number of amides is 2. The third-order valence-electron chi connectivity index (χ3n) is 5.10. The normalized spacial score (nSPS) is 20.6. The lowest BCUT2D eigenvalue weighted by molar-refractivity contribution is -0.117. The summed E-state index contributed by atoms with van der Waals surface area (Å²) >= 11 is 1.25. The minimum absolute atomic E-state index is 0.147. The molecule has 2 amide bonds. The van der Waals surface area contributed by atoms with Crippen molar-refractivity contribution in [3.05, 3.63) is 17.0 Å². The molecular formula is C17H27N5O4S2. The lowest BCUT2D eigenvalue weighted by Gasteiger charge is -2.36. The van der Waals surface area contributed by atoms with Crippen molar-refractivity contribution >= 4 is 38.4 Å². The number of carbonyl (C=O) groups excluding carboxylic acids is 2. The topological polar surface area (TPSA) is 116 Å². The summed E-state index contributed by atoms with van der Waals surface area (Å²) in [6.07, 6.45) is 3.98. The van der Waals surface area contributed by atoms with Gasteiger partial charge in [-0.15, -0.1) is 11.3 Å². The average molecular weight is 430 g/mol. The zero-order chi connectivity index (χ0) is 20.1. The predicted octanol–water partition coefficient (Wildman–Crippen LogP) is 0.524. The maximum absolute atomic E-state index is 12.8. The Kier molecular flexibility index (Phi) is 7.05. The summed E-state index contributed by atoms with van der Waals surface area (Å²) in [5, 5.41) is 4.86. The van der Waals surface area contributed by atoms with Crippen LogP contribution in [-0.2, 0) is 15.0 Å². The van der Waals surface area contributed by atoms with Gasteiger partial charge in [0.2, 0.25) is 5.91 Å². The molecule has 156 valence electrons. The summed E-state index contributed by atoms with van der Waals surface area (Å²) in [4.78, 5) is 25.5. The minimum atomic E-state index is -3.43. The van der Waals surface area contributed by atoms with E-state index in [1.165, 1.54) is 15.6 Å². The summed E-state index contributed by atoms with van der Waals surface area (Å²) < 4.78 is 28.8. The highest BCUT2D eigenvalue weighted by Crippen LogP contribution is 2.23. The van der Waals surface area contributed by atoms with E-state index in [2.05, 4.69) is 5.32 Å². The molecule has 0 radical (unpaired) electrons. The third kappa shape index (κ3) is 5.09. The van der Waals surface area contributed by atoms with E-state index < -0.39 is 16.1 Å². The Hall–Kier alpha value is -1.53. The molecule has 3 rings (SSSR count). The molecule has 0 unspecified atom stereocenters. The third-order valence-corrected chi connectivity index (χ3v) is 7.97. The molecule has 2 aliphatic rings. The van der Waals surface area contributed by atoms with E-state index in [-0.39, 0.29) is 12.5 Å². The zero-order valence-electron chi connectivity index (χ0n) is 15.8. The fourth-order valence-corrected chi connectivity index (χ4v) is 6.00. The second kappa shape index (κ2) is 9.31. The molecule has 0 spiro atoms. The van der Waals surface area contributed by atoms with Crippen LogP contribution in [0.2, 0.25) is 0 Å². The first-order valence-electron chi connectivity index (χ1n) is 9.52. The van der Waals surface area contributed by atoms with Gasteiger partial charge in [0.05, 0.1) is 12.1 Å². The van der Waals surface area contributed by atoms with Crippen molar-refractivity contribution in [2.24, 2.45) is 5.73 Å². The van der Waals surface area contributed by atoms with Crippen molar-refractivity contribution < 1.29 is 18.0 Å². The number of carbonyl (C=O) groups is 2. The fraction of sp³-hybridized carbons (Fsp3) is 0.647. The number of anilines is 1. The van der Waals surface area contributed by atoms with E-state index in [1.807, 2.05) is 4.90 Å². The van der Waals surface area contributed by atoms with Gasteiger partial charge >= 0.3 is 0 Å². The number of nitrogens with zero attached hydrogens (tertiary/aromatic N) is 3. The van der Waals surface area contributed by atoms with Crippen LogP contribution in [0.15, 0.2) is 11.4 Å². The van der Waals surface area contributed by atoms with Crippen LogP contribution in [0.1, 0.15) is 36.0 Å². The van der Waals surface area contributed by atoms with Gasteiger partial charge < -0.3 is 11.1 Å². The van der Waals surface area contributed by atoms with Crippen LogP contribution >= 0.6 is 11.3 Å². The average Bonchev–Trinajstić information content (AvgIpc) is 2.93. The first kappa shape index (κ1) is 21.2. The van der Waals surface area contributed by atoms with E-state index >= 15 is 0 Å². The molecule has 0 aliphatic carbocycles. The van der Waals surface area contributed by atoms with E-state index in [0.717, 1.165) is 25.7 Å². The standard InChI is InChI=1S/C17H27N5O4S2/c18-16(24)14-5-12-27-17(14)19-15(23)13-20-8-10-22(11-9-20)28(25,26)21-6-3-1-2-4-7-21/h5,12H,1-4,6-11,13H2,(H2,18,24)(H,19,23). The second-order valence-electron chi connectivity index (χ2n) is 7.07. The van der Waals surface area contributed by atoms with Gasteiger partial charge in [-0.1, -0.05) is 12.8 Å². The fourth-order valence-electron chi connectivity index (χ4n) is 3.52. The van der Waals surface area contributed by atoms with E-state index in [4.69, 9.17) is 5.73 Å². The van der Waals surface area contributed by atoms with Crippen LogP contribution < -0.4 is 11.1 Å². The smallest absolute Gasteiger partial charge is 0.282 e. The summed E-state index contributed by atoms with van der Waals surface area (Å²) in [6, 6.07) is 1.58. The van der Waals surface area contributed by atoms with Crippen molar-refractivity contribution in [2.75, 3.05) is 51.1 Å². The first-order chi connectivity index (χ1) is 13.4. The Labute approximate surface area is 169 Å². The quantitative estimate of drug-likeness (QED) is 0.684. The van der Waals surface area contributed by atoms with Crippen LogP contribution in [-0.4, -0.2) is 79.6 Å². The maximum Gasteiger partial charge on any atom is 0.282 e. The van der Waals surface area contributed by atoms with Gasteiger partial charge in [0, 0.05) is 39.3 Å². The van der Waals surface area contributed by atoms with Gasteiger partial charge in [-0.25, -0.2) is 0 Å². The second-order valence-corrected chi connectivity index (χ2v) is 9.92. The minimum Gasteiger partial charge on any atom is -0.366 e. The summed E-state index contributed by atoms with van der Waals surface area (Å²) in [6.45, 7) is 3.06. The molecule has 2 aliphatic heterocycles. The number of thiophene rings is 1. The molecule has 1 aromatic heterocycles. The van der Waals surface area contributed by atoms with Crippen LogP contribution in [0.3, 0.4) is 0 Å². The Bertz CT molecular complexity index is 794. The van der Waals surface area contributed by atoms with Gasteiger partial charge in [0.15, 0.2) is 0 Å². The van der Waals surface area contributed by atoms with Gasteiger partial charge in [0.1, 0.15) is 5.00 Å². The van der Waals surface area contributed by atoms with Crippen LogP contribution in [0, 0.1) is 0 Å². The predicted molar refractivity (Wildman–Crippen MR) is 108 cm³/mol. The highest BCUT2D eigenvalue weighted by atomic mass is 32.2. The Morgan fingerprint density at radius 1 is 1.00 bits per heavy atom. The SMILES string of the molecule is NC(=O)c1ccsc1NC(=O)CN1CCN(S(=O)(=O)N2CCCCCC2)CC1. The van der Waals surface area contributed by atoms with Gasteiger partial charge in [-0.05, 0) is 24.3 Å². The molecule has 9 nitrogen and oxygen atoms in total. The maximum atomic E-state index is 12.8. The number of nitrogens with one attached hydrogen (secondary N) is 1. The summed E-state index contributed by atoms with van der Waals surface area (Å²) in [7, 11) is -3.43. The summed E-state index contributed by atoms with van der Waals surface area (Å²) in [5.74, 6) is -0.822. The number of rotatable bonds is 6. The molecule has 3 N–H and O–H groups in total. The highest BCUT2D eigenvalue weighted by Gasteiger charge is 2.32. The van der Waals surface area contributed by atoms with Crippen molar-refractivity contribution in [1.29, 1.82) is 0 Å². The Balaban J connectivity index is 1.50. The first-order valence-corrected chi connectivity index (χ1v) is 11.8. The molecule has 0 aromatic carbocycles. The number of hydrogen-bond acceptors (Lipinski definition) is 6. The number of primary amides is 1. The molecule has 3 heterocycles. The highest BCUT2D eigenvalue weighted by molar-refractivity contribution is 7.86. The molecule has 2 fully saturated rings. The largest absolute Gasteiger partial charge is 0.366 e. The molecule has 0 bridgehead atoms. The van der Waals surface area contributed by atoms with Gasteiger partial charge in [0.25, 0.3) is 16.1 Å². The van der Waals surface area contributed by atoms with Crippen LogP contribution in [0.4, 0.5) is 5.00 Å². The monoisotopic (exact) mass is 429 g/mol. The van der Waals surface area contributed by atoms with Gasteiger partial charge in [-0.3, -0.25) is 14.5 Å². The number of hydrogen-bond donors (Lipinski definition) is 2. The summed E-state index contributed by atoms with van der Waals surface area (Å²) in [5.41, 5.74) is 5.58. The Morgan fingerprint density at radius 2 is 1.61 bits per heavy atom.